The highest BCUT2D eigenvalue weighted by atomic mass is 79.9. The molecule has 0 saturated carbocycles. The molecule has 0 fully saturated rings. The molecule has 4 nitrogen and oxygen atoms in total. The molecule has 3 rings (SSSR count). The number of ether oxygens (including phenoxy) is 1. The second kappa shape index (κ2) is 5.10. The van der Waals surface area contributed by atoms with E-state index in [2.05, 4.69) is 20.9 Å². The van der Waals surface area contributed by atoms with Gasteiger partial charge in [0.1, 0.15) is 11.4 Å². The van der Waals surface area contributed by atoms with E-state index < -0.39 is 11.6 Å². The molecule has 0 aliphatic carbocycles. The Labute approximate surface area is 129 Å². The van der Waals surface area contributed by atoms with Crippen molar-refractivity contribution >= 4 is 32.8 Å². The molecule has 112 valence electrons. The van der Waals surface area contributed by atoms with Crippen molar-refractivity contribution < 1.29 is 19.0 Å². The summed E-state index contributed by atoms with van der Waals surface area (Å²) >= 11 is 3.25. The molecule has 1 aliphatic rings. The maximum atomic E-state index is 13.7. The van der Waals surface area contributed by atoms with Crippen molar-refractivity contribution in [1.82, 2.24) is 4.98 Å². The van der Waals surface area contributed by atoms with Crippen molar-refractivity contribution in [1.29, 1.82) is 0 Å². The maximum absolute atomic E-state index is 13.7. The Hall–Kier alpha value is -1.40. The Morgan fingerprint density at radius 1 is 1.57 bits per heavy atom. The molecular weight excluding hydrogens is 341 g/mol. The number of aliphatic carboxylic acids is 1. The minimum atomic E-state index is -0.909. The van der Waals surface area contributed by atoms with E-state index in [-0.39, 0.29) is 12.2 Å². The molecule has 1 unspecified atom stereocenters. The number of carboxylic acid groups (broad SMARTS) is 1. The number of aromatic amines is 1. The topological polar surface area (TPSA) is 62.3 Å². The standard InChI is InChI=1S/C15H15BrFNO3/c1-2-15(7-11(19)20)14-9(5-6-21-15)8-3-4-10(17)12(16)13(8)18-14/h3-4,18H,2,5-7H2,1H3,(H,19,20). The molecule has 1 aromatic carbocycles. The number of carboxylic acids is 1. The van der Waals surface area contributed by atoms with Gasteiger partial charge in [0.2, 0.25) is 0 Å². The lowest BCUT2D eigenvalue weighted by Crippen LogP contribution is -2.37. The highest BCUT2D eigenvalue weighted by Crippen LogP contribution is 2.43. The van der Waals surface area contributed by atoms with Crippen LogP contribution in [-0.2, 0) is 21.6 Å². The van der Waals surface area contributed by atoms with E-state index in [1.54, 1.807) is 6.07 Å². The SMILES string of the molecule is CCC1(CC(=O)O)OCCc2c1[nH]c1c(Br)c(F)ccc21. The largest absolute Gasteiger partial charge is 0.481 e. The number of fused-ring (bicyclic) bond motifs is 3. The molecule has 2 aromatic rings. The Morgan fingerprint density at radius 3 is 3.00 bits per heavy atom. The summed E-state index contributed by atoms with van der Waals surface area (Å²) in [6, 6.07) is 3.15. The van der Waals surface area contributed by atoms with Crippen molar-refractivity contribution in [2.24, 2.45) is 0 Å². The molecule has 2 heterocycles. The Morgan fingerprint density at radius 2 is 2.33 bits per heavy atom. The summed E-state index contributed by atoms with van der Waals surface area (Å²) in [5, 5.41) is 10.1. The van der Waals surface area contributed by atoms with Crippen LogP contribution in [0.5, 0.6) is 0 Å². The summed E-state index contributed by atoms with van der Waals surface area (Å²) in [6.45, 7) is 2.37. The molecule has 0 radical (unpaired) electrons. The average molecular weight is 356 g/mol. The third kappa shape index (κ3) is 2.17. The molecule has 21 heavy (non-hydrogen) atoms. The van der Waals surface area contributed by atoms with Crippen LogP contribution >= 0.6 is 15.9 Å². The third-order valence-electron chi connectivity index (χ3n) is 4.17. The van der Waals surface area contributed by atoms with Gasteiger partial charge < -0.3 is 14.8 Å². The zero-order chi connectivity index (χ0) is 15.2. The zero-order valence-corrected chi connectivity index (χ0v) is 13.1. The molecule has 0 saturated heterocycles. The lowest BCUT2D eigenvalue weighted by Gasteiger charge is -2.35. The van der Waals surface area contributed by atoms with Crippen molar-refractivity contribution in [2.75, 3.05) is 6.61 Å². The van der Waals surface area contributed by atoms with E-state index in [1.165, 1.54) is 6.07 Å². The van der Waals surface area contributed by atoms with Crippen LogP contribution in [0.3, 0.4) is 0 Å². The van der Waals surface area contributed by atoms with Gasteiger partial charge in [-0.15, -0.1) is 0 Å². The van der Waals surface area contributed by atoms with E-state index >= 15 is 0 Å². The maximum Gasteiger partial charge on any atom is 0.306 e. The van der Waals surface area contributed by atoms with Gasteiger partial charge in [0.05, 0.1) is 28.7 Å². The summed E-state index contributed by atoms with van der Waals surface area (Å²) in [5.74, 6) is -1.25. The minimum Gasteiger partial charge on any atom is -0.481 e. The molecule has 0 bridgehead atoms. The van der Waals surface area contributed by atoms with Crippen LogP contribution in [0, 0.1) is 5.82 Å². The molecular formula is C15H15BrFNO3. The summed E-state index contributed by atoms with van der Waals surface area (Å²) in [7, 11) is 0. The van der Waals surface area contributed by atoms with Crippen LogP contribution in [0.4, 0.5) is 4.39 Å². The van der Waals surface area contributed by atoms with Crippen molar-refractivity contribution in [3.8, 4) is 0 Å². The number of H-pyrrole nitrogens is 1. The molecule has 1 aromatic heterocycles. The number of rotatable bonds is 3. The van der Waals surface area contributed by atoms with Gasteiger partial charge in [0.25, 0.3) is 0 Å². The van der Waals surface area contributed by atoms with Crippen LogP contribution in [0.2, 0.25) is 0 Å². The molecule has 2 N–H and O–H groups in total. The van der Waals surface area contributed by atoms with Gasteiger partial charge in [-0.1, -0.05) is 6.92 Å². The lowest BCUT2D eigenvalue weighted by atomic mass is 9.86. The first-order chi connectivity index (χ1) is 9.98. The minimum absolute atomic E-state index is 0.108. The van der Waals surface area contributed by atoms with Crippen LogP contribution < -0.4 is 0 Å². The number of halogens is 2. The first kappa shape index (κ1) is 14.5. The predicted octanol–water partition coefficient (Wildman–Crippen LogP) is 3.72. The molecule has 1 aliphatic heterocycles. The van der Waals surface area contributed by atoms with Crippen LogP contribution in [-0.4, -0.2) is 22.7 Å². The second-order valence-corrected chi connectivity index (χ2v) is 6.07. The Balaban J connectivity index is 2.26. The normalized spacial score (nSPS) is 21.5. The van der Waals surface area contributed by atoms with E-state index in [4.69, 9.17) is 4.74 Å². The number of hydrogen-bond acceptors (Lipinski definition) is 2. The van der Waals surface area contributed by atoms with Gasteiger partial charge in [-0.25, -0.2) is 4.39 Å². The number of carbonyl (C=O) groups is 1. The number of aromatic nitrogens is 1. The first-order valence-corrected chi connectivity index (χ1v) is 7.62. The summed E-state index contributed by atoms with van der Waals surface area (Å²) in [6.07, 6.45) is 1.12. The summed E-state index contributed by atoms with van der Waals surface area (Å²) in [4.78, 5) is 14.4. The van der Waals surface area contributed by atoms with Gasteiger partial charge in [-0.3, -0.25) is 4.79 Å². The quantitative estimate of drug-likeness (QED) is 0.881. The fraction of sp³-hybridized carbons (Fsp3) is 0.400. The summed E-state index contributed by atoms with van der Waals surface area (Å²) in [5.41, 5.74) is 1.59. The van der Waals surface area contributed by atoms with Gasteiger partial charge >= 0.3 is 5.97 Å². The van der Waals surface area contributed by atoms with Crippen LogP contribution in [0.15, 0.2) is 16.6 Å². The van der Waals surface area contributed by atoms with Gasteiger partial charge in [-0.05, 0) is 46.5 Å². The fourth-order valence-electron chi connectivity index (χ4n) is 3.12. The van der Waals surface area contributed by atoms with Crippen LogP contribution in [0.25, 0.3) is 10.9 Å². The number of nitrogens with one attached hydrogen (secondary N) is 1. The highest BCUT2D eigenvalue weighted by Gasteiger charge is 2.41. The fourth-order valence-corrected chi connectivity index (χ4v) is 3.56. The van der Waals surface area contributed by atoms with Crippen LogP contribution in [0.1, 0.15) is 31.0 Å². The third-order valence-corrected chi connectivity index (χ3v) is 4.94. The smallest absolute Gasteiger partial charge is 0.306 e. The summed E-state index contributed by atoms with van der Waals surface area (Å²) < 4.78 is 19.9. The van der Waals surface area contributed by atoms with Gasteiger partial charge in [-0.2, -0.15) is 0 Å². The predicted molar refractivity (Wildman–Crippen MR) is 79.8 cm³/mol. The Kier molecular flexibility index (Phi) is 3.53. The van der Waals surface area contributed by atoms with E-state index in [9.17, 15) is 14.3 Å². The molecule has 0 spiro atoms. The number of benzene rings is 1. The molecule has 6 heteroatoms. The van der Waals surface area contributed by atoms with Gasteiger partial charge in [0.15, 0.2) is 0 Å². The van der Waals surface area contributed by atoms with Gasteiger partial charge in [0, 0.05) is 5.39 Å². The monoisotopic (exact) mass is 355 g/mol. The van der Waals surface area contributed by atoms with Crippen molar-refractivity contribution in [2.45, 2.75) is 31.8 Å². The van der Waals surface area contributed by atoms with Crippen molar-refractivity contribution in [3.05, 3.63) is 33.7 Å². The number of hydrogen-bond donors (Lipinski definition) is 2. The molecule has 1 atom stereocenters. The molecule has 0 amide bonds. The average Bonchev–Trinajstić information content (AvgIpc) is 2.83. The van der Waals surface area contributed by atoms with E-state index in [0.29, 0.717) is 29.4 Å². The highest BCUT2D eigenvalue weighted by molar-refractivity contribution is 9.10. The van der Waals surface area contributed by atoms with E-state index in [1.807, 2.05) is 6.92 Å². The Bertz CT molecular complexity index is 727. The second-order valence-electron chi connectivity index (χ2n) is 5.28. The lowest BCUT2D eigenvalue weighted by molar-refractivity contribution is -0.148. The first-order valence-electron chi connectivity index (χ1n) is 6.83. The van der Waals surface area contributed by atoms with E-state index in [0.717, 1.165) is 16.6 Å². The van der Waals surface area contributed by atoms with Crippen molar-refractivity contribution in [3.63, 3.8) is 0 Å². The zero-order valence-electron chi connectivity index (χ0n) is 11.5.